The summed E-state index contributed by atoms with van der Waals surface area (Å²) in [7, 11) is 0. The largest absolute Gasteiger partial charge is 0.326 e. The molecule has 1 unspecified atom stereocenters. The molecule has 1 fully saturated rings. The van der Waals surface area contributed by atoms with Crippen LogP contribution in [0.2, 0.25) is 0 Å². The number of thioether (sulfide) groups is 1. The molecule has 5 heteroatoms. The molecule has 0 saturated carbocycles. The van der Waals surface area contributed by atoms with Crippen LogP contribution in [0.3, 0.4) is 0 Å². The van der Waals surface area contributed by atoms with Crippen molar-refractivity contribution in [3.05, 3.63) is 29.8 Å². The van der Waals surface area contributed by atoms with E-state index in [2.05, 4.69) is 36.6 Å². The van der Waals surface area contributed by atoms with Crippen LogP contribution in [0.15, 0.2) is 24.3 Å². The van der Waals surface area contributed by atoms with Crippen LogP contribution in [0.1, 0.15) is 25.8 Å². The summed E-state index contributed by atoms with van der Waals surface area (Å²) >= 11 is 1.91. The highest BCUT2D eigenvalue weighted by Gasteiger charge is 2.22. The fourth-order valence-electron chi connectivity index (χ4n) is 2.12. The van der Waals surface area contributed by atoms with Gasteiger partial charge in [0.1, 0.15) is 0 Å². The van der Waals surface area contributed by atoms with Crippen molar-refractivity contribution in [3.8, 4) is 0 Å². The van der Waals surface area contributed by atoms with Crippen molar-refractivity contribution < 1.29 is 4.79 Å². The quantitative estimate of drug-likeness (QED) is 0.876. The van der Waals surface area contributed by atoms with Gasteiger partial charge in [0.05, 0.1) is 5.92 Å². The first-order valence-electron chi connectivity index (χ1n) is 6.87. The average molecular weight is 315 g/mol. The van der Waals surface area contributed by atoms with E-state index in [0.717, 1.165) is 31.0 Å². The highest BCUT2D eigenvalue weighted by molar-refractivity contribution is 7.99. The Hall–Kier alpha value is -0.710. The number of carbonyl (C=O) groups is 1. The second-order valence-electron chi connectivity index (χ2n) is 5.24. The van der Waals surface area contributed by atoms with Crippen LogP contribution in [-0.2, 0) is 10.5 Å². The molecule has 1 aliphatic heterocycles. The number of hydrogen-bond donors (Lipinski definition) is 2. The summed E-state index contributed by atoms with van der Waals surface area (Å²) in [5, 5.41) is 6.87. The van der Waals surface area contributed by atoms with Gasteiger partial charge in [-0.05, 0) is 35.9 Å². The van der Waals surface area contributed by atoms with Gasteiger partial charge in [0.15, 0.2) is 0 Å². The molecule has 20 heavy (non-hydrogen) atoms. The van der Waals surface area contributed by atoms with E-state index in [1.165, 1.54) is 5.56 Å². The summed E-state index contributed by atoms with van der Waals surface area (Å²) in [6.07, 6.45) is 0.939. The number of rotatable bonds is 5. The molecule has 2 rings (SSSR count). The lowest BCUT2D eigenvalue weighted by atomic mass is 10.1. The maximum atomic E-state index is 12.0. The standard InChI is InChI=1S/C15H22N2OS.ClH/c1-11(2)19-10-12-4-3-5-14(8-12)17-15(18)13-6-7-16-9-13;/h3-5,8,11,13,16H,6-7,9-10H2,1-2H3,(H,17,18);1H. The molecule has 0 aliphatic carbocycles. The highest BCUT2D eigenvalue weighted by Crippen LogP contribution is 2.20. The Morgan fingerprint density at radius 2 is 2.30 bits per heavy atom. The minimum absolute atomic E-state index is 0. The molecule has 0 aromatic heterocycles. The number of halogens is 1. The SMILES string of the molecule is CC(C)SCc1cccc(NC(=O)C2CCNC2)c1.Cl. The van der Waals surface area contributed by atoms with Gasteiger partial charge in [0.25, 0.3) is 0 Å². The van der Waals surface area contributed by atoms with Crippen molar-refractivity contribution in [3.63, 3.8) is 0 Å². The predicted molar refractivity (Wildman–Crippen MR) is 89.7 cm³/mol. The fourth-order valence-corrected chi connectivity index (χ4v) is 2.83. The number of carbonyl (C=O) groups excluding carboxylic acids is 1. The van der Waals surface area contributed by atoms with Crippen LogP contribution in [0.25, 0.3) is 0 Å². The summed E-state index contributed by atoms with van der Waals surface area (Å²) in [6, 6.07) is 8.17. The number of anilines is 1. The number of amides is 1. The van der Waals surface area contributed by atoms with Gasteiger partial charge in [-0.1, -0.05) is 26.0 Å². The molecule has 1 amide bonds. The Kier molecular flexibility index (Phi) is 7.41. The zero-order valence-electron chi connectivity index (χ0n) is 12.0. The zero-order valence-corrected chi connectivity index (χ0v) is 13.7. The highest BCUT2D eigenvalue weighted by atomic mass is 35.5. The molecule has 0 radical (unpaired) electrons. The van der Waals surface area contributed by atoms with Gasteiger partial charge in [0, 0.05) is 18.0 Å². The van der Waals surface area contributed by atoms with E-state index in [0.29, 0.717) is 5.25 Å². The predicted octanol–water partition coefficient (Wildman–Crippen LogP) is 3.30. The second kappa shape index (κ2) is 8.55. The first-order valence-corrected chi connectivity index (χ1v) is 7.92. The van der Waals surface area contributed by atoms with E-state index in [1.807, 2.05) is 23.9 Å². The summed E-state index contributed by atoms with van der Waals surface area (Å²) in [4.78, 5) is 12.0. The normalized spacial score (nSPS) is 17.9. The summed E-state index contributed by atoms with van der Waals surface area (Å²) < 4.78 is 0. The van der Waals surface area contributed by atoms with E-state index >= 15 is 0 Å². The lowest BCUT2D eigenvalue weighted by Crippen LogP contribution is -2.24. The van der Waals surface area contributed by atoms with Crippen LogP contribution < -0.4 is 10.6 Å². The minimum Gasteiger partial charge on any atom is -0.326 e. The maximum Gasteiger partial charge on any atom is 0.228 e. The monoisotopic (exact) mass is 314 g/mol. The topological polar surface area (TPSA) is 41.1 Å². The van der Waals surface area contributed by atoms with Gasteiger partial charge in [-0.2, -0.15) is 11.8 Å². The first kappa shape index (κ1) is 17.3. The fraction of sp³-hybridized carbons (Fsp3) is 0.533. The Morgan fingerprint density at radius 3 is 2.95 bits per heavy atom. The van der Waals surface area contributed by atoms with Crippen molar-refractivity contribution in [2.75, 3.05) is 18.4 Å². The third-order valence-corrected chi connectivity index (χ3v) is 4.38. The maximum absolute atomic E-state index is 12.0. The third kappa shape index (κ3) is 5.35. The van der Waals surface area contributed by atoms with Gasteiger partial charge in [-0.15, -0.1) is 12.4 Å². The van der Waals surface area contributed by atoms with Crippen molar-refractivity contribution in [1.29, 1.82) is 0 Å². The van der Waals surface area contributed by atoms with E-state index in [-0.39, 0.29) is 24.2 Å². The van der Waals surface area contributed by atoms with Gasteiger partial charge >= 0.3 is 0 Å². The Morgan fingerprint density at radius 1 is 1.50 bits per heavy atom. The molecule has 1 aromatic carbocycles. The number of benzene rings is 1. The van der Waals surface area contributed by atoms with E-state index in [4.69, 9.17) is 0 Å². The van der Waals surface area contributed by atoms with E-state index in [9.17, 15) is 4.79 Å². The lowest BCUT2D eigenvalue weighted by molar-refractivity contribution is -0.119. The molecule has 3 nitrogen and oxygen atoms in total. The van der Waals surface area contributed by atoms with Crippen molar-refractivity contribution in [1.82, 2.24) is 5.32 Å². The van der Waals surface area contributed by atoms with Crippen LogP contribution in [0, 0.1) is 5.92 Å². The molecular weight excluding hydrogens is 292 g/mol. The molecule has 1 aliphatic rings. The molecule has 0 spiro atoms. The van der Waals surface area contributed by atoms with E-state index < -0.39 is 0 Å². The summed E-state index contributed by atoms with van der Waals surface area (Å²) in [6.45, 7) is 6.14. The smallest absolute Gasteiger partial charge is 0.228 e. The lowest BCUT2D eigenvalue weighted by Gasteiger charge is -2.11. The Bertz CT molecular complexity index is 434. The Balaban J connectivity index is 0.00000200. The molecule has 112 valence electrons. The van der Waals surface area contributed by atoms with Crippen LogP contribution >= 0.6 is 24.2 Å². The molecule has 2 N–H and O–H groups in total. The van der Waals surface area contributed by atoms with Gasteiger partial charge in [-0.3, -0.25) is 4.79 Å². The second-order valence-corrected chi connectivity index (χ2v) is 6.80. The molecule has 0 bridgehead atoms. The molecule has 1 heterocycles. The van der Waals surface area contributed by atoms with Crippen molar-refractivity contribution in [2.24, 2.45) is 5.92 Å². The first-order chi connectivity index (χ1) is 9.15. The van der Waals surface area contributed by atoms with Gasteiger partial charge < -0.3 is 10.6 Å². The van der Waals surface area contributed by atoms with E-state index in [1.54, 1.807) is 0 Å². The zero-order chi connectivity index (χ0) is 13.7. The average Bonchev–Trinajstić information content (AvgIpc) is 2.91. The van der Waals surface area contributed by atoms with Crippen molar-refractivity contribution >= 4 is 35.8 Å². The minimum atomic E-state index is 0. The van der Waals surface area contributed by atoms with Gasteiger partial charge in [0.2, 0.25) is 5.91 Å². The molecular formula is C15H23ClN2OS. The molecule has 1 atom stereocenters. The molecule has 1 saturated heterocycles. The van der Waals surface area contributed by atoms with Gasteiger partial charge in [-0.25, -0.2) is 0 Å². The van der Waals surface area contributed by atoms with Crippen LogP contribution in [0.4, 0.5) is 5.69 Å². The number of nitrogens with one attached hydrogen (secondary N) is 2. The third-order valence-electron chi connectivity index (χ3n) is 3.21. The summed E-state index contributed by atoms with van der Waals surface area (Å²) in [5.74, 6) is 1.25. The van der Waals surface area contributed by atoms with Crippen LogP contribution in [0.5, 0.6) is 0 Å². The van der Waals surface area contributed by atoms with Crippen molar-refractivity contribution in [2.45, 2.75) is 31.3 Å². The summed E-state index contributed by atoms with van der Waals surface area (Å²) in [5.41, 5.74) is 2.18. The molecule has 1 aromatic rings. The van der Waals surface area contributed by atoms with Crippen LogP contribution in [-0.4, -0.2) is 24.2 Å². The Labute approximate surface area is 131 Å². The number of hydrogen-bond acceptors (Lipinski definition) is 3.